The van der Waals surface area contributed by atoms with Crippen LogP contribution in [-0.2, 0) is 9.59 Å². The molecule has 1 aliphatic rings. The summed E-state index contributed by atoms with van der Waals surface area (Å²) in [5.41, 5.74) is 10.8. The smallest absolute Gasteiger partial charge is 0.277 e. The van der Waals surface area contributed by atoms with Gasteiger partial charge in [0.2, 0.25) is 12.1 Å². The molecule has 0 radical (unpaired) electrons. The van der Waals surface area contributed by atoms with E-state index < -0.39 is 24.0 Å². The van der Waals surface area contributed by atoms with Gasteiger partial charge >= 0.3 is 0 Å². The van der Waals surface area contributed by atoms with Crippen LogP contribution in [0.4, 0.5) is 11.4 Å². The molecule has 4 aromatic rings. The molecule has 2 unspecified atom stereocenters. The number of thiol groups is 1. The highest BCUT2D eigenvalue weighted by molar-refractivity contribution is 7.80. The normalized spacial score (nSPS) is 15.9. The van der Waals surface area contributed by atoms with Gasteiger partial charge in [-0.05, 0) is 30.3 Å². The highest BCUT2D eigenvalue weighted by Gasteiger charge is 2.38. The molecule has 11 heteroatoms. The summed E-state index contributed by atoms with van der Waals surface area (Å²) in [5, 5.41) is 12.0. The first-order valence-electron chi connectivity index (χ1n) is 11.9. The number of aliphatic imine (C=N–C) groups is 1. The van der Waals surface area contributed by atoms with E-state index >= 15 is 0 Å². The summed E-state index contributed by atoms with van der Waals surface area (Å²) in [6, 6.07) is 21.8. The molecule has 2 atom stereocenters. The highest BCUT2D eigenvalue weighted by atomic mass is 32.1. The maximum Gasteiger partial charge on any atom is 0.277 e. The third kappa shape index (κ3) is 4.46. The number of hydrogen-bond acceptors (Lipinski definition) is 8. The van der Waals surface area contributed by atoms with Gasteiger partial charge < -0.3 is 10.6 Å². The van der Waals surface area contributed by atoms with Crippen LogP contribution in [0.1, 0.15) is 16.7 Å². The van der Waals surface area contributed by atoms with Crippen molar-refractivity contribution in [3.63, 3.8) is 0 Å². The summed E-state index contributed by atoms with van der Waals surface area (Å²) < 4.78 is 0. The van der Waals surface area contributed by atoms with Crippen molar-refractivity contribution >= 4 is 41.5 Å². The van der Waals surface area contributed by atoms with E-state index in [4.69, 9.17) is 10.7 Å². The van der Waals surface area contributed by atoms with Crippen molar-refractivity contribution in [2.45, 2.75) is 19.1 Å². The number of nitrogens with zero attached hydrogens (tertiary/aromatic N) is 7. The Morgan fingerprint density at radius 1 is 1.03 bits per heavy atom. The molecule has 1 aromatic heterocycles. The first-order valence-corrected chi connectivity index (χ1v) is 12.6. The Hall–Kier alpha value is -4.35. The molecule has 10 nitrogen and oxygen atoms in total. The molecule has 0 saturated carbocycles. The van der Waals surface area contributed by atoms with Gasteiger partial charge in [-0.2, -0.15) is 12.6 Å². The molecule has 3 aromatic carbocycles. The predicted octanol–water partition coefficient (Wildman–Crippen LogP) is 2.53. The van der Waals surface area contributed by atoms with Crippen LogP contribution in [-0.4, -0.2) is 67.6 Å². The second kappa shape index (κ2) is 10.6. The summed E-state index contributed by atoms with van der Waals surface area (Å²) >= 11 is 4.18. The lowest BCUT2D eigenvalue weighted by Gasteiger charge is -2.31. The molecule has 0 aliphatic carbocycles. The average molecular weight is 527 g/mol. The van der Waals surface area contributed by atoms with Crippen LogP contribution in [0.3, 0.4) is 0 Å². The quantitative estimate of drug-likeness (QED) is 0.372. The lowest BCUT2D eigenvalue weighted by molar-refractivity contribution is -0.137. The SMILES string of the molecule is Cc1c(N2C(=O)C(N(C)C(=O)C(N)CS)N=C(c3ccccc3)c3ccccc32)cccc1-n1ncnn1. The molecule has 0 saturated heterocycles. The molecule has 1 aliphatic heterocycles. The summed E-state index contributed by atoms with van der Waals surface area (Å²) in [4.78, 5) is 36.8. The maximum atomic E-state index is 14.4. The average Bonchev–Trinajstić information content (AvgIpc) is 3.45. The molecule has 2 amide bonds. The number of likely N-dealkylation sites (N-methyl/N-ethyl adjacent to an activating group) is 1. The van der Waals surface area contributed by atoms with E-state index in [9.17, 15) is 9.59 Å². The topological polar surface area (TPSA) is 123 Å². The van der Waals surface area contributed by atoms with Gasteiger partial charge in [0.15, 0.2) is 6.33 Å². The van der Waals surface area contributed by atoms with Crippen molar-refractivity contribution < 1.29 is 9.59 Å². The van der Waals surface area contributed by atoms with E-state index in [1.165, 1.54) is 23.1 Å². The van der Waals surface area contributed by atoms with Crippen LogP contribution < -0.4 is 10.6 Å². The Morgan fingerprint density at radius 2 is 1.71 bits per heavy atom. The number of para-hydroxylation sites is 1. The number of hydrogen-bond donors (Lipinski definition) is 2. The fraction of sp³-hybridized carbons (Fsp3) is 0.185. The highest BCUT2D eigenvalue weighted by Crippen LogP contribution is 2.37. The largest absolute Gasteiger partial charge is 0.319 e. The summed E-state index contributed by atoms with van der Waals surface area (Å²) in [7, 11) is 1.54. The van der Waals surface area contributed by atoms with Crippen molar-refractivity contribution in [2.24, 2.45) is 10.7 Å². The molecule has 2 N–H and O–H groups in total. The second-order valence-electron chi connectivity index (χ2n) is 8.79. The van der Waals surface area contributed by atoms with Crippen LogP contribution in [0.25, 0.3) is 5.69 Å². The first kappa shape index (κ1) is 25.3. The zero-order valence-electron chi connectivity index (χ0n) is 20.8. The second-order valence-corrected chi connectivity index (χ2v) is 9.16. The lowest BCUT2D eigenvalue weighted by atomic mass is 9.99. The molecule has 38 heavy (non-hydrogen) atoms. The van der Waals surface area contributed by atoms with E-state index in [2.05, 4.69) is 28.0 Å². The standard InChI is InChI=1S/C27H26N8O2S/c1-17-21(13-8-14-22(17)35-30-16-29-32-35)34-23-12-7-6-11-19(23)24(18-9-4-3-5-10-18)31-25(27(34)37)33(2)26(36)20(28)15-38/h3-14,16,20,25,38H,15,28H2,1-2H3. The van der Waals surface area contributed by atoms with Gasteiger partial charge in [0, 0.05) is 29.5 Å². The zero-order chi connectivity index (χ0) is 26.8. The molecular weight excluding hydrogens is 500 g/mol. The number of rotatable bonds is 6. The van der Waals surface area contributed by atoms with E-state index in [0.29, 0.717) is 22.8 Å². The van der Waals surface area contributed by atoms with Crippen molar-refractivity contribution in [2.75, 3.05) is 17.7 Å². The monoisotopic (exact) mass is 526 g/mol. The Balaban J connectivity index is 1.75. The van der Waals surface area contributed by atoms with E-state index in [-0.39, 0.29) is 5.75 Å². The van der Waals surface area contributed by atoms with E-state index in [1.54, 1.807) is 4.90 Å². The number of nitrogens with two attached hydrogens (primary N) is 1. The number of fused-ring (bicyclic) bond motifs is 1. The molecule has 0 fully saturated rings. The number of amides is 2. The minimum Gasteiger partial charge on any atom is -0.319 e. The Bertz CT molecular complexity index is 1510. The molecule has 192 valence electrons. The zero-order valence-corrected chi connectivity index (χ0v) is 21.7. The minimum absolute atomic E-state index is 0.134. The number of benzodiazepines with no additional fused rings is 1. The molecular formula is C27H26N8O2S. The number of aromatic nitrogens is 4. The third-order valence-electron chi connectivity index (χ3n) is 6.45. The van der Waals surface area contributed by atoms with Crippen molar-refractivity contribution in [1.82, 2.24) is 25.1 Å². The van der Waals surface area contributed by atoms with Gasteiger partial charge in [0.1, 0.15) is 0 Å². The minimum atomic E-state index is -1.18. The number of anilines is 2. The summed E-state index contributed by atoms with van der Waals surface area (Å²) in [5.74, 6) is -0.704. The summed E-state index contributed by atoms with van der Waals surface area (Å²) in [6.07, 6.45) is 0.170. The summed E-state index contributed by atoms with van der Waals surface area (Å²) in [6.45, 7) is 1.88. The van der Waals surface area contributed by atoms with Gasteiger partial charge in [-0.25, -0.2) is 4.99 Å². The van der Waals surface area contributed by atoms with Crippen LogP contribution in [0, 0.1) is 6.92 Å². The maximum absolute atomic E-state index is 14.4. The van der Waals surface area contributed by atoms with Gasteiger partial charge in [-0.3, -0.25) is 14.5 Å². The first-order chi connectivity index (χ1) is 18.4. The van der Waals surface area contributed by atoms with Gasteiger partial charge in [0.25, 0.3) is 5.91 Å². The van der Waals surface area contributed by atoms with Gasteiger partial charge in [0.05, 0.1) is 28.8 Å². The van der Waals surface area contributed by atoms with Crippen molar-refractivity contribution in [3.8, 4) is 5.69 Å². The Labute approximate surface area is 225 Å². The van der Waals surface area contributed by atoms with Gasteiger partial charge in [-0.1, -0.05) is 54.6 Å². The van der Waals surface area contributed by atoms with Crippen LogP contribution in [0.2, 0.25) is 0 Å². The van der Waals surface area contributed by atoms with E-state index in [0.717, 1.165) is 16.7 Å². The molecule has 0 spiro atoms. The number of tetrazole rings is 1. The predicted molar refractivity (Wildman–Crippen MR) is 148 cm³/mol. The number of carbonyl (C=O) groups excluding carboxylic acids is 2. The van der Waals surface area contributed by atoms with Crippen molar-refractivity contribution in [1.29, 1.82) is 0 Å². The fourth-order valence-corrected chi connectivity index (χ4v) is 4.64. The Morgan fingerprint density at radius 3 is 2.42 bits per heavy atom. The number of benzene rings is 3. The van der Waals surface area contributed by atoms with E-state index in [1.807, 2.05) is 79.7 Å². The molecule has 2 heterocycles. The molecule has 0 bridgehead atoms. The van der Waals surface area contributed by atoms with Crippen LogP contribution in [0.15, 0.2) is 84.1 Å². The van der Waals surface area contributed by atoms with Crippen molar-refractivity contribution in [3.05, 3.63) is 95.8 Å². The third-order valence-corrected chi connectivity index (χ3v) is 6.84. The molecule has 5 rings (SSSR count). The Kier molecular flexibility index (Phi) is 7.03. The van der Waals surface area contributed by atoms with Crippen LogP contribution >= 0.6 is 12.6 Å². The number of carbonyl (C=O) groups is 2. The lowest BCUT2D eigenvalue weighted by Crippen LogP contribution is -2.52. The fourth-order valence-electron chi connectivity index (χ4n) is 4.49. The van der Waals surface area contributed by atoms with Gasteiger partial charge in [-0.15, -0.1) is 15.0 Å². The van der Waals surface area contributed by atoms with Crippen LogP contribution in [0.5, 0.6) is 0 Å².